The van der Waals surface area contributed by atoms with Gasteiger partial charge in [0.1, 0.15) is 5.15 Å². The summed E-state index contributed by atoms with van der Waals surface area (Å²) in [5.74, 6) is -1.72. The number of phenols is 1. The van der Waals surface area contributed by atoms with Gasteiger partial charge in [-0.25, -0.2) is 9.37 Å². The fraction of sp³-hybridized carbons (Fsp3) is 0. The molecule has 1 aromatic carbocycles. The van der Waals surface area contributed by atoms with Gasteiger partial charge in [0.25, 0.3) is 5.91 Å². The van der Waals surface area contributed by atoms with Crippen LogP contribution in [0.2, 0.25) is 5.15 Å². The Kier molecular flexibility index (Phi) is 3.43. The third kappa shape index (κ3) is 2.75. The molecule has 4 nitrogen and oxygen atoms in total. The summed E-state index contributed by atoms with van der Waals surface area (Å²) < 4.78 is 13.1. The van der Waals surface area contributed by atoms with Crippen molar-refractivity contribution in [1.29, 1.82) is 0 Å². The Morgan fingerprint density at radius 1 is 1.33 bits per heavy atom. The standard InChI is InChI=1S/C12H8ClFN2O2/c13-11-4-1-7(6-15-11)12(18)16-8-2-3-10(17)9(14)5-8/h1-6,17H,(H,16,18). The quantitative estimate of drug-likeness (QED) is 0.649. The molecule has 0 radical (unpaired) electrons. The minimum atomic E-state index is -0.804. The van der Waals surface area contributed by atoms with E-state index >= 15 is 0 Å². The summed E-state index contributed by atoms with van der Waals surface area (Å²) in [6, 6.07) is 6.55. The molecule has 2 aromatic rings. The maximum absolute atomic E-state index is 13.1. The van der Waals surface area contributed by atoms with Crippen molar-refractivity contribution in [2.45, 2.75) is 0 Å². The van der Waals surface area contributed by atoms with Crippen molar-refractivity contribution >= 4 is 23.2 Å². The number of phenolic OH excluding ortho intramolecular Hbond substituents is 1. The van der Waals surface area contributed by atoms with Crippen molar-refractivity contribution in [3.63, 3.8) is 0 Å². The molecule has 6 heteroatoms. The average Bonchev–Trinajstić information content (AvgIpc) is 2.34. The van der Waals surface area contributed by atoms with Gasteiger partial charge in [-0.3, -0.25) is 4.79 Å². The summed E-state index contributed by atoms with van der Waals surface area (Å²) in [6.07, 6.45) is 1.31. The Balaban J connectivity index is 2.16. The van der Waals surface area contributed by atoms with Crippen LogP contribution in [0.1, 0.15) is 10.4 Å². The lowest BCUT2D eigenvalue weighted by Gasteiger charge is -2.05. The van der Waals surface area contributed by atoms with E-state index in [1.54, 1.807) is 0 Å². The van der Waals surface area contributed by atoms with Gasteiger partial charge in [-0.15, -0.1) is 0 Å². The molecular formula is C12H8ClFN2O2. The van der Waals surface area contributed by atoms with E-state index in [1.165, 1.54) is 24.4 Å². The van der Waals surface area contributed by atoms with Crippen molar-refractivity contribution < 1.29 is 14.3 Å². The maximum atomic E-state index is 13.1. The topological polar surface area (TPSA) is 62.2 Å². The zero-order chi connectivity index (χ0) is 13.1. The molecule has 1 aromatic heterocycles. The molecule has 0 unspecified atom stereocenters. The number of anilines is 1. The molecule has 0 aliphatic heterocycles. The van der Waals surface area contributed by atoms with E-state index in [-0.39, 0.29) is 10.8 Å². The molecule has 0 aliphatic rings. The zero-order valence-electron chi connectivity index (χ0n) is 9.02. The summed E-state index contributed by atoms with van der Waals surface area (Å²) in [5, 5.41) is 11.8. The summed E-state index contributed by atoms with van der Waals surface area (Å²) >= 11 is 5.59. The number of pyridine rings is 1. The lowest BCUT2D eigenvalue weighted by Crippen LogP contribution is -2.12. The van der Waals surface area contributed by atoms with Crippen molar-refractivity contribution in [2.75, 3.05) is 5.32 Å². The Bertz CT molecular complexity index is 587. The molecule has 0 saturated heterocycles. The number of aromatic hydroxyl groups is 1. The van der Waals surface area contributed by atoms with Crippen LogP contribution < -0.4 is 5.32 Å². The smallest absolute Gasteiger partial charge is 0.257 e. The van der Waals surface area contributed by atoms with Gasteiger partial charge >= 0.3 is 0 Å². The highest BCUT2D eigenvalue weighted by atomic mass is 35.5. The van der Waals surface area contributed by atoms with Gasteiger partial charge < -0.3 is 10.4 Å². The Hall–Kier alpha value is -2.14. The fourth-order valence-corrected chi connectivity index (χ4v) is 1.41. The van der Waals surface area contributed by atoms with E-state index in [4.69, 9.17) is 16.7 Å². The number of carbonyl (C=O) groups is 1. The van der Waals surface area contributed by atoms with E-state index in [1.807, 2.05) is 0 Å². The average molecular weight is 267 g/mol. The molecule has 1 amide bonds. The Morgan fingerprint density at radius 2 is 2.11 bits per heavy atom. The molecule has 2 rings (SSSR count). The number of carbonyl (C=O) groups excluding carboxylic acids is 1. The van der Waals surface area contributed by atoms with E-state index in [2.05, 4.69) is 10.3 Å². The lowest BCUT2D eigenvalue weighted by atomic mass is 10.2. The molecule has 0 spiro atoms. The first-order chi connectivity index (χ1) is 8.56. The molecule has 92 valence electrons. The molecular weight excluding hydrogens is 259 g/mol. The van der Waals surface area contributed by atoms with Crippen molar-refractivity contribution in [2.24, 2.45) is 0 Å². The number of hydrogen-bond donors (Lipinski definition) is 2. The molecule has 0 atom stereocenters. The van der Waals surface area contributed by atoms with E-state index in [0.717, 1.165) is 12.1 Å². The van der Waals surface area contributed by atoms with Gasteiger partial charge in [-0.2, -0.15) is 0 Å². The highest BCUT2D eigenvalue weighted by Gasteiger charge is 2.08. The Labute approximate surface area is 107 Å². The number of halogens is 2. The van der Waals surface area contributed by atoms with Crippen LogP contribution in [0.5, 0.6) is 5.75 Å². The summed E-state index contributed by atoms with van der Waals surface area (Å²) in [4.78, 5) is 15.5. The number of rotatable bonds is 2. The number of nitrogens with zero attached hydrogens (tertiary/aromatic N) is 1. The predicted molar refractivity (Wildman–Crippen MR) is 65.3 cm³/mol. The van der Waals surface area contributed by atoms with E-state index in [9.17, 15) is 9.18 Å². The zero-order valence-corrected chi connectivity index (χ0v) is 9.78. The van der Waals surface area contributed by atoms with Crippen LogP contribution >= 0.6 is 11.6 Å². The molecule has 0 aliphatic carbocycles. The molecule has 2 N–H and O–H groups in total. The lowest BCUT2D eigenvalue weighted by molar-refractivity contribution is 0.102. The highest BCUT2D eigenvalue weighted by molar-refractivity contribution is 6.29. The van der Waals surface area contributed by atoms with Crippen LogP contribution in [0.4, 0.5) is 10.1 Å². The number of benzene rings is 1. The van der Waals surface area contributed by atoms with Gasteiger partial charge in [0.15, 0.2) is 11.6 Å². The van der Waals surface area contributed by atoms with Crippen molar-refractivity contribution in [3.8, 4) is 5.75 Å². The number of hydrogen-bond acceptors (Lipinski definition) is 3. The van der Waals surface area contributed by atoms with Crippen LogP contribution in [0.25, 0.3) is 0 Å². The van der Waals surface area contributed by atoms with Gasteiger partial charge in [-0.05, 0) is 24.3 Å². The normalized spacial score (nSPS) is 10.1. The van der Waals surface area contributed by atoms with E-state index in [0.29, 0.717) is 5.56 Å². The molecule has 0 fully saturated rings. The van der Waals surface area contributed by atoms with Crippen molar-refractivity contribution in [3.05, 3.63) is 53.1 Å². The van der Waals surface area contributed by atoms with Gasteiger partial charge in [0.2, 0.25) is 0 Å². The van der Waals surface area contributed by atoms with Crippen LogP contribution in [-0.4, -0.2) is 16.0 Å². The summed E-state index contributed by atoms with van der Waals surface area (Å²) in [7, 11) is 0. The van der Waals surface area contributed by atoms with Crippen molar-refractivity contribution in [1.82, 2.24) is 4.98 Å². The number of nitrogens with one attached hydrogen (secondary N) is 1. The van der Waals surface area contributed by atoms with Gasteiger partial charge in [-0.1, -0.05) is 11.6 Å². The SMILES string of the molecule is O=C(Nc1ccc(O)c(F)c1)c1ccc(Cl)nc1. The predicted octanol–water partition coefficient (Wildman–Crippen LogP) is 2.83. The number of aromatic nitrogens is 1. The second-order valence-corrected chi connectivity index (χ2v) is 3.88. The van der Waals surface area contributed by atoms with Crippen LogP contribution in [0.3, 0.4) is 0 Å². The first kappa shape index (κ1) is 12.3. The van der Waals surface area contributed by atoms with E-state index < -0.39 is 17.5 Å². The second kappa shape index (κ2) is 5.01. The second-order valence-electron chi connectivity index (χ2n) is 3.49. The monoisotopic (exact) mass is 266 g/mol. The maximum Gasteiger partial charge on any atom is 0.257 e. The third-order valence-electron chi connectivity index (χ3n) is 2.20. The van der Waals surface area contributed by atoms with Crippen LogP contribution in [0, 0.1) is 5.82 Å². The van der Waals surface area contributed by atoms with Crippen LogP contribution in [-0.2, 0) is 0 Å². The molecule has 0 bridgehead atoms. The summed E-state index contributed by atoms with van der Waals surface area (Å²) in [6.45, 7) is 0. The molecule has 1 heterocycles. The molecule has 18 heavy (non-hydrogen) atoms. The fourth-order valence-electron chi connectivity index (χ4n) is 1.30. The minimum absolute atomic E-state index is 0.241. The van der Waals surface area contributed by atoms with Gasteiger partial charge in [0, 0.05) is 18.0 Å². The highest BCUT2D eigenvalue weighted by Crippen LogP contribution is 2.19. The number of amides is 1. The first-order valence-corrected chi connectivity index (χ1v) is 5.35. The summed E-state index contributed by atoms with van der Waals surface area (Å²) in [5.41, 5.74) is 0.540. The van der Waals surface area contributed by atoms with Gasteiger partial charge in [0.05, 0.1) is 5.56 Å². The minimum Gasteiger partial charge on any atom is -0.505 e. The molecule has 0 saturated carbocycles. The third-order valence-corrected chi connectivity index (χ3v) is 2.42. The Morgan fingerprint density at radius 3 is 2.72 bits per heavy atom. The first-order valence-electron chi connectivity index (χ1n) is 4.97. The van der Waals surface area contributed by atoms with Crippen LogP contribution in [0.15, 0.2) is 36.5 Å². The largest absolute Gasteiger partial charge is 0.505 e.